The van der Waals surface area contributed by atoms with Gasteiger partial charge in [0, 0.05) is 29.7 Å². The summed E-state index contributed by atoms with van der Waals surface area (Å²) in [7, 11) is -7.57. The van der Waals surface area contributed by atoms with Crippen LogP contribution < -0.4 is 0 Å². The highest BCUT2D eigenvalue weighted by atomic mass is 32.2. The Labute approximate surface area is 130 Å². The van der Waals surface area contributed by atoms with Gasteiger partial charge in [-0.2, -0.15) is 16.1 Å². The summed E-state index contributed by atoms with van der Waals surface area (Å²) in [5, 5.41) is 8.97. The highest BCUT2D eigenvalue weighted by molar-refractivity contribution is 8.01. The van der Waals surface area contributed by atoms with Crippen LogP contribution in [0.5, 0.6) is 0 Å². The van der Waals surface area contributed by atoms with Crippen molar-refractivity contribution in [3.8, 4) is 0 Å². The van der Waals surface area contributed by atoms with Crippen LogP contribution in [0, 0.1) is 0 Å². The van der Waals surface area contributed by atoms with Crippen molar-refractivity contribution in [1.29, 1.82) is 0 Å². The van der Waals surface area contributed by atoms with Crippen molar-refractivity contribution >= 4 is 48.9 Å². The van der Waals surface area contributed by atoms with Gasteiger partial charge in [-0.1, -0.05) is 0 Å². The average Bonchev–Trinajstić information content (AvgIpc) is 2.88. The Hall–Kier alpha value is -0.620. The van der Waals surface area contributed by atoms with E-state index in [1.807, 2.05) is 0 Å². The Balaban J connectivity index is 2.43. The molecule has 0 saturated carbocycles. The fraction of sp³-hybridized carbons (Fsp3) is 0.500. The maximum Gasteiger partial charge on any atom is 0.336 e. The minimum atomic E-state index is -4.01. The number of carboxylic acids is 1. The molecule has 0 amide bonds. The highest BCUT2D eigenvalue weighted by Gasteiger charge is 2.40. The van der Waals surface area contributed by atoms with Crippen molar-refractivity contribution in [2.45, 2.75) is 9.58 Å². The molecule has 1 saturated heterocycles. The van der Waals surface area contributed by atoms with Crippen LogP contribution in [0.15, 0.2) is 15.7 Å². The summed E-state index contributed by atoms with van der Waals surface area (Å²) in [5.41, 5.74) is -0.124. The van der Waals surface area contributed by atoms with Crippen LogP contribution in [-0.2, 0) is 19.9 Å². The predicted molar refractivity (Wildman–Crippen MR) is 81.1 cm³/mol. The molecule has 2 rings (SSSR count). The topological polar surface area (TPSA) is 109 Å². The third kappa shape index (κ3) is 3.42. The van der Waals surface area contributed by atoms with Crippen LogP contribution in [0.25, 0.3) is 0 Å². The van der Waals surface area contributed by atoms with Gasteiger partial charge in [0.1, 0.15) is 9.58 Å². The molecule has 0 aromatic carbocycles. The lowest BCUT2D eigenvalue weighted by atomic mass is 10.4. The number of hydrogen-bond donors (Lipinski definition) is 1. The van der Waals surface area contributed by atoms with Gasteiger partial charge in [0.25, 0.3) is 10.0 Å². The molecule has 1 aromatic rings. The number of carboxylic acid groups (broad SMARTS) is 1. The van der Waals surface area contributed by atoms with Gasteiger partial charge in [-0.25, -0.2) is 21.6 Å². The zero-order valence-electron chi connectivity index (χ0n) is 10.9. The lowest BCUT2D eigenvalue weighted by Gasteiger charge is -2.32. The van der Waals surface area contributed by atoms with Crippen LogP contribution in [-0.4, -0.2) is 61.9 Å². The quantitative estimate of drug-likeness (QED) is 0.823. The Bertz CT molecular complexity index is 750. The molecule has 2 heterocycles. The molecule has 118 valence electrons. The third-order valence-corrected chi connectivity index (χ3v) is 9.02. The minimum absolute atomic E-state index is 0.0883. The molecule has 0 spiro atoms. The Morgan fingerprint density at radius 3 is 2.57 bits per heavy atom. The number of aromatic carboxylic acids is 1. The summed E-state index contributed by atoms with van der Waals surface area (Å²) in [6, 6.07) is 1.06. The number of sulfonamides is 1. The van der Waals surface area contributed by atoms with E-state index in [0.717, 1.165) is 28.0 Å². The fourth-order valence-electron chi connectivity index (χ4n) is 1.86. The van der Waals surface area contributed by atoms with Crippen LogP contribution in [0.2, 0.25) is 0 Å². The van der Waals surface area contributed by atoms with E-state index in [0.29, 0.717) is 5.75 Å². The molecule has 1 N–H and O–H groups in total. The third-order valence-electron chi connectivity index (χ3n) is 2.92. The SMILES string of the molecule is CS(=O)(=O)C1CSCCN1S(=O)(=O)c1cc(C(=O)O)cs1. The predicted octanol–water partition coefficient (Wildman–Crippen LogP) is 0.555. The number of nitrogens with zero attached hydrogens (tertiary/aromatic N) is 1. The molecule has 1 aromatic heterocycles. The molecular formula is C10H13NO6S4. The normalized spacial score (nSPS) is 21.3. The van der Waals surface area contributed by atoms with E-state index in [9.17, 15) is 21.6 Å². The van der Waals surface area contributed by atoms with Gasteiger partial charge in [0.05, 0.1) is 5.56 Å². The first-order valence-electron chi connectivity index (χ1n) is 5.74. The van der Waals surface area contributed by atoms with E-state index >= 15 is 0 Å². The average molecular weight is 371 g/mol. The van der Waals surface area contributed by atoms with Crippen molar-refractivity contribution in [3.05, 3.63) is 17.0 Å². The van der Waals surface area contributed by atoms with Crippen molar-refractivity contribution in [2.75, 3.05) is 24.3 Å². The van der Waals surface area contributed by atoms with Crippen molar-refractivity contribution in [3.63, 3.8) is 0 Å². The first-order chi connectivity index (χ1) is 9.64. The second-order valence-electron chi connectivity index (χ2n) is 4.43. The molecule has 11 heteroatoms. The van der Waals surface area contributed by atoms with Crippen molar-refractivity contribution in [2.24, 2.45) is 0 Å². The van der Waals surface area contributed by atoms with Gasteiger partial charge >= 0.3 is 5.97 Å². The van der Waals surface area contributed by atoms with Crippen molar-refractivity contribution < 1.29 is 26.7 Å². The summed E-state index contributed by atoms with van der Waals surface area (Å²) >= 11 is 2.16. The maximum absolute atomic E-state index is 12.5. The summed E-state index contributed by atoms with van der Waals surface area (Å²) in [4.78, 5) is 10.8. The molecule has 0 bridgehead atoms. The summed E-state index contributed by atoms with van der Waals surface area (Å²) < 4.78 is 49.5. The second kappa shape index (κ2) is 5.88. The van der Waals surface area contributed by atoms with Crippen LogP contribution in [0.1, 0.15) is 10.4 Å². The van der Waals surface area contributed by atoms with E-state index in [4.69, 9.17) is 5.11 Å². The molecule has 1 aliphatic rings. The van der Waals surface area contributed by atoms with E-state index < -0.39 is 31.2 Å². The molecule has 1 unspecified atom stereocenters. The number of carbonyl (C=O) groups is 1. The maximum atomic E-state index is 12.5. The number of sulfone groups is 1. The van der Waals surface area contributed by atoms with Gasteiger partial charge < -0.3 is 5.11 Å². The van der Waals surface area contributed by atoms with Crippen LogP contribution >= 0.6 is 23.1 Å². The summed E-state index contributed by atoms with van der Waals surface area (Å²) in [5.74, 6) is -0.543. The number of thioether (sulfide) groups is 1. The molecule has 21 heavy (non-hydrogen) atoms. The van der Waals surface area contributed by atoms with E-state index in [-0.39, 0.29) is 22.1 Å². The number of rotatable bonds is 4. The van der Waals surface area contributed by atoms with E-state index in [1.165, 1.54) is 17.1 Å². The first-order valence-corrected chi connectivity index (χ1v) is 11.2. The molecule has 1 atom stereocenters. The Morgan fingerprint density at radius 1 is 1.38 bits per heavy atom. The molecule has 0 aliphatic carbocycles. The van der Waals surface area contributed by atoms with Gasteiger partial charge in [-0.15, -0.1) is 11.3 Å². The fourth-order valence-corrected chi connectivity index (χ4v) is 8.31. The minimum Gasteiger partial charge on any atom is -0.478 e. The smallest absolute Gasteiger partial charge is 0.336 e. The van der Waals surface area contributed by atoms with Crippen LogP contribution in [0.3, 0.4) is 0 Å². The van der Waals surface area contributed by atoms with Gasteiger partial charge in [0.2, 0.25) is 0 Å². The molecule has 1 fully saturated rings. The van der Waals surface area contributed by atoms with Crippen LogP contribution in [0.4, 0.5) is 0 Å². The summed E-state index contributed by atoms with van der Waals surface area (Å²) in [6.07, 6.45) is 1.00. The molecule has 7 nitrogen and oxygen atoms in total. The van der Waals surface area contributed by atoms with Crippen molar-refractivity contribution in [1.82, 2.24) is 4.31 Å². The molecular weight excluding hydrogens is 358 g/mol. The Morgan fingerprint density at radius 2 is 2.05 bits per heavy atom. The zero-order valence-corrected chi connectivity index (χ0v) is 14.2. The van der Waals surface area contributed by atoms with Gasteiger partial charge in [-0.05, 0) is 6.07 Å². The lowest BCUT2D eigenvalue weighted by Crippen LogP contribution is -2.49. The summed E-state index contributed by atoms with van der Waals surface area (Å²) in [6.45, 7) is 0.0883. The molecule has 0 radical (unpaired) electrons. The molecule has 1 aliphatic heterocycles. The second-order valence-corrected chi connectivity index (χ2v) is 10.8. The standard InChI is InChI=1S/C10H13NO6S4/c1-20(14,15)8-6-18-3-2-11(8)21(16,17)9-4-7(5-19-9)10(12)13/h4-5,8H,2-3,6H2,1H3,(H,12,13). The van der Waals surface area contributed by atoms with E-state index in [2.05, 4.69) is 0 Å². The number of thiophene rings is 1. The highest BCUT2D eigenvalue weighted by Crippen LogP contribution is 2.30. The van der Waals surface area contributed by atoms with Gasteiger partial charge in [-0.3, -0.25) is 0 Å². The zero-order chi connectivity index (χ0) is 15.8. The van der Waals surface area contributed by atoms with E-state index in [1.54, 1.807) is 0 Å². The first kappa shape index (κ1) is 16.7. The monoisotopic (exact) mass is 371 g/mol. The number of hydrogen-bond acceptors (Lipinski definition) is 7. The largest absolute Gasteiger partial charge is 0.478 e. The Kier molecular flexibility index (Phi) is 4.69. The van der Waals surface area contributed by atoms with Gasteiger partial charge in [0.15, 0.2) is 9.84 Å². The lowest BCUT2D eigenvalue weighted by molar-refractivity contribution is 0.0697.